The molecule has 0 atom stereocenters. The Morgan fingerprint density at radius 3 is 1.85 bits per heavy atom. The van der Waals surface area contributed by atoms with Gasteiger partial charge in [0, 0.05) is 12.1 Å². The van der Waals surface area contributed by atoms with Gasteiger partial charge in [0.05, 0.1) is 0 Å². The van der Waals surface area contributed by atoms with Gasteiger partial charge in [0.15, 0.2) is 0 Å². The van der Waals surface area contributed by atoms with Crippen LogP contribution in [0.4, 0.5) is 0 Å². The minimum Gasteiger partial charge on any atom is -1.00 e. The zero-order valence-corrected chi connectivity index (χ0v) is 9.97. The Balaban J connectivity index is 0. The Kier molecular flexibility index (Phi) is 4.72. The van der Waals surface area contributed by atoms with Gasteiger partial charge < -0.3 is 21.9 Å². The number of aromatic hydroxyl groups is 3. The Bertz CT molecular complexity index is 318. The second-order valence-corrected chi connectivity index (χ2v) is 2.16. The summed E-state index contributed by atoms with van der Waals surface area (Å²) in [5.41, 5.74) is -0.618. The molecule has 1 aromatic rings. The standard InChI is InChI=1S/C7H6O5.K.H/c8-3-1-4(9)6(7(11)12)5(10)2-3;;/h1-2,8-10H,(H,11,12);;/q;+1;-1. The number of carboxylic acid groups (broad SMARTS) is 1. The third kappa shape index (κ3) is 2.85. The Hall–Kier alpha value is -0.274. The Labute approximate surface area is 118 Å². The molecule has 1 aromatic carbocycles. The molecule has 0 radical (unpaired) electrons. The van der Waals surface area contributed by atoms with E-state index in [-0.39, 0.29) is 52.8 Å². The second-order valence-electron chi connectivity index (χ2n) is 2.16. The minimum atomic E-state index is -1.45. The van der Waals surface area contributed by atoms with E-state index in [1.54, 1.807) is 0 Å². The maximum absolute atomic E-state index is 10.4. The van der Waals surface area contributed by atoms with Gasteiger partial charge in [-0.15, -0.1) is 0 Å². The summed E-state index contributed by atoms with van der Waals surface area (Å²) < 4.78 is 0. The van der Waals surface area contributed by atoms with E-state index in [9.17, 15) is 4.79 Å². The van der Waals surface area contributed by atoms with E-state index in [1.165, 1.54) is 0 Å². The predicted molar refractivity (Wildman–Crippen MR) is 39.5 cm³/mol. The molecule has 13 heavy (non-hydrogen) atoms. The second kappa shape index (κ2) is 4.82. The number of phenolic OH excluding ortho intramolecular Hbond substituents is 1. The Morgan fingerprint density at radius 1 is 1.15 bits per heavy atom. The number of phenols is 3. The molecule has 4 N–H and O–H groups in total. The van der Waals surface area contributed by atoms with Crippen molar-refractivity contribution >= 4 is 5.97 Å². The molecule has 0 fully saturated rings. The number of hydrogen-bond donors (Lipinski definition) is 4. The zero-order chi connectivity index (χ0) is 9.30. The van der Waals surface area contributed by atoms with Crippen LogP contribution in [0.1, 0.15) is 11.8 Å². The van der Waals surface area contributed by atoms with Crippen molar-refractivity contribution < 1.29 is 78.0 Å². The summed E-state index contributed by atoms with van der Waals surface area (Å²) in [4.78, 5) is 10.4. The quantitative estimate of drug-likeness (QED) is 0.388. The van der Waals surface area contributed by atoms with Gasteiger partial charge in [-0.2, -0.15) is 0 Å². The molecule has 1 rings (SSSR count). The van der Waals surface area contributed by atoms with Crippen molar-refractivity contribution in [2.75, 3.05) is 0 Å². The molecule has 0 aliphatic heterocycles. The average molecular weight is 210 g/mol. The third-order valence-corrected chi connectivity index (χ3v) is 1.30. The first-order valence-corrected chi connectivity index (χ1v) is 3.00. The Morgan fingerprint density at radius 2 is 1.54 bits per heavy atom. The van der Waals surface area contributed by atoms with Gasteiger partial charge in [-0.1, -0.05) is 0 Å². The van der Waals surface area contributed by atoms with Crippen molar-refractivity contribution in [3.05, 3.63) is 17.7 Å². The fraction of sp³-hybridized carbons (Fsp3) is 0. The molecule has 0 heterocycles. The molecule has 0 saturated carbocycles. The molecule has 5 nitrogen and oxygen atoms in total. The van der Waals surface area contributed by atoms with Crippen LogP contribution >= 0.6 is 0 Å². The number of rotatable bonds is 1. The van der Waals surface area contributed by atoms with E-state index in [1.807, 2.05) is 0 Å². The van der Waals surface area contributed by atoms with Gasteiger partial charge in [0.1, 0.15) is 22.8 Å². The van der Waals surface area contributed by atoms with Crippen molar-refractivity contribution in [2.45, 2.75) is 0 Å². The fourth-order valence-electron chi connectivity index (χ4n) is 0.816. The molecular formula is C7H7KO5. The maximum Gasteiger partial charge on any atom is 1.00 e. The minimum absolute atomic E-state index is 0. The van der Waals surface area contributed by atoms with Crippen molar-refractivity contribution in [1.82, 2.24) is 0 Å². The molecule has 0 unspecified atom stereocenters. The summed E-state index contributed by atoms with van der Waals surface area (Å²) in [6, 6.07) is 1.67. The van der Waals surface area contributed by atoms with Crippen LogP contribution in [0.25, 0.3) is 0 Å². The van der Waals surface area contributed by atoms with Crippen LogP contribution < -0.4 is 51.4 Å². The number of hydrogen-bond acceptors (Lipinski definition) is 4. The maximum atomic E-state index is 10.4. The SMILES string of the molecule is O=C(O)c1c(O)cc(O)cc1O.[H-].[K+]. The molecule has 0 bridgehead atoms. The summed E-state index contributed by atoms with van der Waals surface area (Å²) in [5, 5.41) is 35.1. The van der Waals surface area contributed by atoms with Crippen molar-refractivity contribution in [3.63, 3.8) is 0 Å². The van der Waals surface area contributed by atoms with Crippen LogP contribution in [0.3, 0.4) is 0 Å². The first-order valence-electron chi connectivity index (χ1n) is 3.00. The average Bonchev–Trinajstić information content (AvgIpc) is 1.82. The van der Waals surface area contributed by atoms with Gasteiger partial charge in [-0.3, -0.25) is 0 Å². The molecule has 0 aromatic heterocycles. The molecule has 0 aliphatic rings. The monoisotopic (exact) mass is 210 g/mol. The van der Waals surface area contributed by atoms with E-state index in [0.29, 0.717) is 0 Å². The van der Waals surface area contributed by atoms with E-state index >= 15 is 0 Å². The molecule has 0 spiro atoms. The van der Waals surface area contributed by atoms with E-state index < -0.39 is 28.8 Å². The van der Waals surface area contributed by atoms with Gasteiger partial charge in [0.2, 0.25) is 0 Å². The van der Waals surface area contributed by atoms with E-state index in [0.717, 1.165) is 12.1 Å². The summed E-state index contributed by atoms with van der Waals surface area (Å²) >= 11 is 0. The van der Waals surface area contributed by atoms with E-state index in [4.69, 9.17) is 20.4 Å². The first-order chi connectivity index (χ1) is 5.52. The van der Waals surface area contributed by atoms with Gasteiger partial charge in [-0.05, 0) is 0 Å². The molecule has 0 amide bonds. The van der Waals surface area contributed by atoms with Crippen LogP contribution in [0.5, 0.6) is 17.2 Å². The van der Waals surface area contributed by atoms with Crippen LogP contribution in [0.15, 0.2) is 12.1 Å². The van der Waals surface area contributed by atoms with Gasteiger partial charge in [-0.25, -0.2) is 4.79 Å². The topological polar surface area (TPSA) is 98.0 Å². The van der Waals surface area contributed by atoms with Crippen LogP contribution in [0.2, 0.25) is 0 Å². The van der Waals surface area contributed by atoms with Crippen LogP contribution in [0, 0.1) is 0 Å². The van der Waals surface area contributed by atoms with Crippen molar-refractivity contribution in [3.8, 4) is 17.2 Å². The summed E-state index contributed by atoms with van der Waals surface area (Å²) in [5.74, 6) is -3.18. The molecule has 0 saturated heterocycles. The molecule has 0 aliphatic carbocycles. The predicted octanol–water partition coefficient (Wildman–Crippen LogP) is -2.38. The van der Waals surface area contributed by atoms with Crippen molar-refractivity contribution in [1.29, 1.82) is 0 Å². The van der Waals surface area contributed by atoms with Crippen molar-refractivity contribution in [2.24, 2.45) is 0 Å². The van der Waals surface area contributed by atoms with E-state index in [2.05, 4.69) is 0 Å². The zero-order valence-electron chi connectivity index (χ0n) is 7.85. The van der Waals surface area contributed by atoms with Crippen LogP contribution in [-0.4, -0.2) is 26.4 Å². The number of carboxylic acids is 1. The largest absolute Gasteiger partial charge is 1.00 e. The molecule has 66 valence electrons. The van der Waals surface area contributed by atoms with Crippen LogP contribution in [-0.2, 0) is 0 Å². The number of carbonyl (C=O) groups is 1. The fourth-order valence-corrected chi connectivity index (χ4v) is 0.816. The normalized spacial score (nSPS) is 8.92. The molecule has 6 heteroatoms. The van der Waals surface area contributed by atoms with Gasteiger partial charge >= 0.3 is 57.4 Å². The van der Waals surface area contributed by atoms with Gasteiger partial charge in [0.25, 0.3) is 0 Å². The molecular weight excluding hydrogens is 203 g/mol. The smallest absolute Gasteiger partial charge is 1.00 e. The first kappa shape index (κ1) is 12.7. The summed E-state index contributed by atoms with van der Waals surface area (Å²) in [7, 11) is 0. The third-order valence-electron chi connectivity index (χ3n) is 1.30. The summed E-state index contributed by atoms with van der Waals surface area (Å²) in [6.07, 6.45) is 0. The summed E-state index contributed by atoms with van der Waals surface area (Å²) in [6.45, 7) is 0. The number of benzene rings is 1. The number of aromatic carboxylic acids is 1.